The Bertz CT molecular complexity index is 454. The third kappa shape index (κ3) is 3.16. The zero-order valence-electron chi connectivity index (χ0n) is 12.5. The SMILES string of the molecule is COc1cc(CNC(C)(C)C(C)O)cc2c1OCCO2. The summed E-state index contributed by atoms with van der Waals surface area (Å²) >= 11 is 0. The number of aliphatic hydroxyl groups is 1. The summed E-state index contributed by atoms with van der Waals surface area (Å²) in [6, 6.07) is 3.88. The topological polar surface area (TPSA) is 60.0 Å². The molecule has 5 heteroatoms. The van der Waals surface area contributed by atoms with E-state index in [0.717, 1.165) is 5.56 Å². The first-order valence-corrected chi connectivity index (χ1v) is 6.83. The standard InChI is InChI=1S/C15H23NO4/c1-10(17)15(2,3)16-9-11-7-12(18-4)14-13(8-11)19-5-6-20-14/h7-8,10,16-17H,5-6,9H2,1-4H3. The molecule has 1 aliphatic heterocycles. The summed E-state index contributed by atoms with van der Waals surface area (Å²) in [5.74, 6) is 2.05. The van der Waals surface area contributed by atoms with Crippen LogP contribution in [0.25, 0.3) is 0 Å². The van der Waals surface area contributed by atoms with Crippen molar-refractivity contribution in [3.63, 3.8) is 0 Å². The number of fused-ring (bicyclic) bond motifs is 1. The highest BCUT2D eigenvalue weighted by molar-refractivity contribution is 5.54. The molecule has 1 unspecified atom stereocenters. The predicted molar refractivity (Wildman–Crippen MR) is 76.6 cm³/mol. The number of hydrogen-bond donors (Lipinski definition) is 2. The van der Waals surface area contributed by atoms with Crippen LogP contribution in [0, 0.1) is 0 Å². The van der Waals surface area contributed by atoms with Gasteiger partial charge < -0.3 is 24.6 Å². The van der Waals surface area contributed by atoms with E-state index < -0.39 is 6.10 Å². The number of rotatable bonds is 5. The van der Waals surface area contributed by atoms with E-state index in [4.69, 9.17) is 14.2 Å². The van der Waals surface area contributed by atoms with Gasteiger partial charge >= 0.3 is 0 Å². The summed E-state index contributed by atoms with van der Waals surface area (Å²) in [5, 5.41) is 13.1. The Hall–Kier alpha value is -1.46. The second kappa shape index (κ2) is 5.89. The zero-order valence-corrected chi connectivity index (χ0v) is 12.5. The smallest absolute Gasteiger partial charge is 0.203 e. The first kappa shape index (κ1) is 14.9. The van der Waals surface area contributed by atoms with Crippen LogP contribution in [-0.2, 0) is 6.54 Å². The monoisotopic (exact) mass is 281 g/mol. The van der Waals surface area contributed by atoms with E-state index in [2.05, 4.69) is 5.32 Å². The summed E-state index contributed by atoms with van der Waals surface area (Å²) in [7, 11) is 1.62. The molecule has 0 saturated heterocycles. The molecule has 0 saturated carbocycles. The van der Waals surface area contributed by atoms with Gasteiger partial charge in [0.05, 0.1) is 13.2 Å². The molecule has 1 atom stereocenters. The van der Waals surface area contributed by atoms with E-state index in [1.54, 1.807) is 14.0 Å². The Labute approximate surface area is 119 Å². The van der Waals surface area contributed by atoms with Crippen LogP contribution in [0.5, 0.6) is 17.2 Å². The first-order valence-electron chi connectivity index (χ1n) is 6.83. The first-order chi connectivity index (χ1) is 9.44. The minimum absolute atomic E-state index is 0.361. The molecule has 0 radical (unpaired) electrons. The number of benzene rings is 1. The molecule has 1 aliphatic rings. The van der Waals surface area contributed by atoms with E-state index in [9.17, 15) is 5.11 Å². The van der Waals surface area contributed by atoms with Crippen molar-refractivity contribution in [1.82, 2.24) is 5.32 Å². The molecule has 112 valence electrons. The van der Waals surface area contributed by atoms with E-state index in [1.165, 1.54) is 0 Å². The van der Waals surface area contributed by atoms with Crippen molar-refractivity contribution in [1.29, 1.82) is 0 Å². The van der Waals surface area contributed by atoms with Crippen molar-refractivity contribution >= 4 is 0 Å². The molecule has 1 heterocycles. The molecule has 2 N–H and O–H groups in total. The van der Waals surface area contributed by atoms with Crippen molar-refractivity contribution in [3.8, 4) is 17.2 Å². The third-order valence-electron chi connectivity index (χ3n) is 3.68. The van der Waals surface area contributed by atoms with Crippen molar-refractivity contribution < 1.29 is 19.3 Å². The number of aliphatic hydroxyl groups excluding tert-OH is 1. The van der Waals surface area contributed by atoms with Gasteiger partial charge in [0.15, 0.2) is 11.5 Å². The van der Waals surface area contributed by atoms with Gasteiger partial charge in [-0.1, -0.05) is 0 Å². The fourth-order valence-electron chi connectivity index (χ4n) is 1.91. The predicted octanol–water partition coefficient (Wildman–Crippen LogP) is 1.72. The fraction of sp³-hybridized carbons (Fsp3) is 0.600. The molecule has 0 fully saturated rings. The normalized spacial score (nSPS) is 15.8. The van der Waals surface area contributed by atoms with E-state index in [-0.39, 0.29) is 5.54 Å². The van der Waals surface area contributed by atoms with Crippen molar-refractivity contribution in [2.45, 2.75) is 39.0 Å². The molecule has 2 rings (SSSR count). The number of hydrogen-bond acceptors (Lipinski definition) is 5. The molecule has 1 aromatic carbocycles. The summed E-state index contributed by atoms with van der Waals surface area (Å²) < 4.78 is 16.5. The van der Waals surface area contributed by atoms with Gasteiger partial charge in [-0.15, -0.1) is 0 Å². The van der Waals surface area contributed by atoms with Crippen molar-refractivity contribution in [2.75, 3.05) is 20.3 Å². The number of nitrogens with one attached hydrogen (secondary N) is 1. The highest BCUT2D eigenvalue weighted by Crippen LogP contribution is 2.40. The van der Waals surface area contributed by atoms with Crippen LogP contribution in [0.4, 0.5) is 0 Å². The van der Waals surface area contributed by atoms with Crippen LogP contribution in [0.15, 0.2) is 12.1 Å². The quantitative estimate of drug-likeness (QED) is 0.860. The van der Waals surface area contributed by atoms with Crippen LogP contribution in [0.1, 0.15) is 26.3 Å². The molecular formula is C15H23NO4. The molecule has 5 nitrogen and oxygen atoms in total. The highest BCUT2D eigenvalue weighted by atomic mass is 16.6. The average molecular weight is 281 g/mol. The van der Waals surface area contributed by atoms with E-state index >= 15 is 0 Å². The third-order valence-corrected chi connectivity index (χ3v) is 3.68. The van der Waals surface area contributed by atoms with Gasteiger partial charge in [-0.2, -0.15) is 0 Å². The van der Waals surface area contributed by atoms with Crippen LogP contribution < -0.4 is 19.5 Å². The molecule has 0 aliphatic carbocycles. The van der Waals surface area contributed by atoms with Crippen molar-refractivity contribution in [3.05, 3.63) is 17.7 Å². The maximum atomic E-state index is 9.72. The number of ether oxygens (including phenoxy) is 3. The second-order valence-corrected chi connectivity index (χ2v) is 5.57. The van der Waals surface area contributed by atoms with Crippen LogP contribution in [-0.4, -0.2) is 37.1 Å². The molecule has 0 spiro atoms. The average Bonchev–Trinajstić information content (AvgIpc) is 2.44. The lowest BCUT2D eigenvalue weighted by atomic mass is 9.98. The lowest BCUT2D eigenvalue weighted by molar-refractivity contribution is 0.0956. The van der Waals surface area contributed by atoms with Gasteiger partial charge in [-0.25, -0.2) is 0 Å². The van der Waals surface area contributed by atoms with E-state index in [1.807, 2.05) is 26.0 Å². The maximum absolute atomic E-state index is 9.72. The van der Waals surface area contributed by atoms with Crippen LogP contribution >= 0.6 is 0 Å². The summed E-state index contributed by atoms with van der Waals surface area (Å²) in [6.07, 6.45) is -0.443. The Morgan fingerprint density at radius 1 is 1.35 bits per heavy atom. The van der Waals surface area contributed by atoms with E-state index in [0.29, 0.717) is 37.0 Å². The Kier molecular flexibility index (Phi) is 4.40. The van der Waals surface area contributed by atoms with Gasteiger partial charge in [-0.3, -0.25) is 0 Å². The molecule has 0 amide bonds. The minimum Gasteiger partial charge on any atom is -0.493 e. The molecular weight excluding hydrogens is 258 g/mol. The van der Waals surface area contributed by atoms with Crippen LogP contribution in [0.3, 0.4) is 0 Å². The molecule has 0 aromatic heterocycles. The molecule has 1 aromatic rings. The summed E-state index contributed by atoms with van der Waals surface area (Å²) in [4.78, 5) is 0. The highest BCUT2D eigenvalue weighted by Gasteiger charge is 2.24. The van der Waals surface area contributed by atoms with Gasteiger partial charge in [0, 0.05) is 12.1 Å². The molecule has 0 bridgehead atoms. The second-order valence-electron chi connectivity index (χ2n) is 5.57. The lowest BCUT2D eigenvalue weighted by Crippen LogP contribution is -2.47. The Morgan fingerprint density at radius 3 is 2.70 bits per heavy atom. The minimum atomic E-state index is -0.443. The van der Waals surface area contributed by atoms with Gasteiger partial charge in [0.1, 0.15) is 13.2 Å². The number of methoxy groups -OCH3 is 1. The maximum Gasteiger partial charge on any atom is 0.203 e. The van der Waals surface area contributed by atoms with Gasteiger partial charge in [0.25, 0.3) is 0 Å². The van der Waals surface area contributed by atoms with Gasteiger partial charge in [-0.05, 0) is 38.5 Å². The van der Waals surface area contributed by atoms with Gasteiger partial charge in [0.2, 0.25) is 5.75 Å². The lowest BCUT2D eigenvalue weighted by Gasteiger charge is -2.30. The Balaban J connectivity index is 2.17. The fourth-order valence-corrected chi connectivity index (χ4v) is 1.91. The summed E-state index contributed by atoms with van der Waals surface area (Å²) in [5.41, 5.74) is 0.667. The summed E-state index contributed by atoms with van der Waals surface area (Å²) in [6.45, 7) is 7.41. The zero-order chi connectivity index (χ0) is 14.8. The van der Waals surface area contributed by atoms with Crippen LogP contribution in [0.2, 0.25) is 0 Å². The van der Waals surface area contributed by atoms with Crippen molar-refractivity contribution in [2.24, 2.45) is 0 Å². The molecule has 20 heavy (non-hydrogen) atoms. The largest absolute Gasteiger partial charge is 0.493 e. The Morgan fingerprint density at radius 2 is 2.05 bits per heavy atom.